The number of fused-ring (bicyclic) bond motifs is 3. The molecule has 1 aromatic carbocycles. The molecule has 0 aliphatic carbocycles. The Morgan fingerprint density at radius 3 is 2.68 bits per heavy atom. The summed E-state index contributed by atoms with van der Waals surface area (Å²) in [6.45, 7) is 2.82. The lowest BCUT2D eigenvalue weighted by atomic mass is 10.1. The highest BCUT2D eigenvalue weighted by atomic mass is 35.5. The standard InChI is InChI=1S/C23H25ClN4O3/c1-15-12-18(21-22(25-15)28-11-5-3-4-6-19(28)26-21)23(30)27(14-20(29)31-2)13-16-7-9-17(24)10-8-16/h7-10,12H,3-6,11,13-14H2,1-2H3. The van der Waals surface area contributed by atoms with Crippen LogP contribution in [0.15, 0.2) is 30.3 Å². The van der Waals surface area contributed by atoms with Crippen LogP contribution in [0.4, 0.5) is 0 Å². The summed E-state index contributed by atoms with van der Waals surface area (Å²) < 4.78 is 6.96. The van der Waals surface area contributed by atoms with Gasteiger partial charge in [0.25, 0.3) is 5.91 Å². The van der Waals surface area contributed by atoms with E-state index in [2.05, 4.69) is 9.55 Å². The highest BCUT2D eigenvalue weighted by molar-refractivity contribution is 6.30. The van der Waals surface area contributed by atoms with Gasteiger partial charge in [-0.25, -0.2) is 9.97 Å². The Labute approximate surface area is 186 Å². The van der Waals surface area contributed by atoms with Crippen LogP contribution >= 0.6 is 11.6 Å². The number of nitrogens with zero attached hydrogens (tertiary/aromatic N) is 4. The number of imidazole rings is 1. The van der Waals surface area contributed by atoms with Crippen molar-refractivity contribution < 1.29 is 14.3 Å². The van der Waals surface area contributed by atoms with E-state index in [0.717, 1.165) is 55.0 Å². The van der Waals surface area contributed by atoms with Crippen molar-refractivity contribution in [2.75, 3.05) is 13.7 Å². The quantitative estimate of drug-likeness (QED) is 0.561. The second-order valence-electron chi connectivity index (χ2n) is 7.84. The molecule has 31 heavy (non-hydrogen) atoms. The number of pyridine rings is 1. The van der Waals surface area contributed by atoms with Gasteiger partial charge in [0, 0.05) is 30.2 Å². The van der Waals surface area contributed by atoms with Crippen LogP contribution < -0.4 is 0 Å². The van der Waals surface area contributed by atoms with Gasteiger partial charge in [-0.05, 0) is 43.5 Å². The number of aromatic nitrogens is 3. The van der Waals surface area contributed by atoms with Crippen molar-refractivity contribution >= 4 is 34.6 Å². The molecule has 3 heterocycles. The van der Waals surface area contributed by atoms with Crippen LogP contribution in [0.25, 0.3) is 11.2 Å². The zero-order chi connectivity index (χ0) is 22.0. The van der Waals surface area contributed by atoms with Gasteiger partial charge in [-0.15, -0.1) is 0 Å². The van der Waals surface area contributed by atoms with E-state index in [1.165, 1.54) is 12.0 Å². The molecule has 0 radical (unpaired) electrons. The van der Waals surface area contributed by atoms with Crippen molar-refractivity contribution in [1.29, 1.82) is 0 Å². The Morgan fingerprint density at radius 2 is 1.94 bits per heavy atom. The highest BCUT2D eigenvalue weighted by Gasteiger charge is 2.26. The van der Waals surface area contributed by atoms with E-state index in [0.29, 0.717) is 16.1 Å². The summed E-state index contributed by atoms with van der Waals surface area (Å²) in [5.41, 5.74) is 3.40. The molecule has 162 valence electrons. The summed E-state index contributed by atoms with van der Waals surface area (Å²) in [6.07, 6.45) is 4.19. The summed E-state index contributed by atoms with van der Waals surface area (Å²) in [5.74, 6) is 0.214. The van der Waals surface area contributed by atoms with Gasteiger partial charge in [-0.2, -0.15) is 0 Å². The minimum atomic E-state index is -0.482. The number of benzene rings is 1. The Morgan fingerprint density at radius 1 is 1.16 bits per heavy atom. The summed E-state index contributed by atoms with van der Waals surface area (Å²) in [5, 5.41) is 0.612. The summed E-state index contributed by atoms with van der Waals surface area (Å²) >= 11 is 5.99. The number of amides is 1. The van der Waals surface area contributed by atoms with Gasteiger partial charge in [0.15, 0.2) is 5.65 Å². The lowest BCUT2D eigenvalue weighted by Gasteiger charge is -2.22. The lowest BCUT2D eigenvalue weighted by molar-refractivity contribution is -0.141. The number of hydrogen-bond acceptors (Lipinski definition) is 5. The first-order chi connectivity index (χ1) is 15.0. The molecule has 0 spiro atoms. The minimum absolute atomic E-state index is 0.158. The molecule has 0 fully saturated rings. The number of aryl methyl sites for hydroxylation is 3. The van der Waals surface area contributed by atoms with Gasteiger partial charge in [0.05, 0.1) is 12.7 Å². The van der Waals surface area contributed by atoms with Crippen molar-refractivity contribution in [2.45, 2.75) is 45.7 Å². The fourth-order valence-electron chi connectivity index (χ4n) is 3.98. The molecule has 0 atom stereocenters. The topological polar surface area (TPSA) is 77.3 Å². The number of halogens is 1. The highest BCUT2D eigenvalue weighted by Crippen LogP contribution is 2.25. The molecule has 4 rings (SSSR count). The maximum atomic E-state index is 13.6. The number of methoxy groups -OCH3 is 1. The molecular weight excluding hydrogens is 416 g/mol. The molecule has 1 amide bonds. The van der Waals surface area contributed by atoms with E-state index in [4.69, 9.17) is 21.3 Å². The van der Waals surface area contributed by atoms with Gasteiger partial charge in [-0.3, -0.25) is 9.59 Å². The largest absolute Gasteiger partial charge is 0.468 e. The number of hydrogen-bond donors (Lipinski definition) is 0. The van der Waals surface area contributed by atoms with E-state index in [9.17, 15) is 9.59 Å². The second-order valence-corrected chi connectivity index (χ2v) is 8.27. The molecule has 2 aromatic heterocycles. The molecule has 0 bridgehead atoms. The third-order valence-electron chi connectivity index (χ3n) is 5.54. The first-order valence-corrected chi connectivity index (χ1v) is 10.8. The predicted octanol–water partition coefficient (Wildman–Crippen LogP) is 3.93. The average Bonchev–Trinajstić information content (AvgIpc) is 2.94. The first-order valence-electron chi connectivity index (χ1n) is 10.4. The van der Waals surface area contributed by atoms with Gasteiger partial charge in [0.1, 0.15) is 17.9 Å². The van der Waals surface area contributed by atoms with Gasteiger partial charge >= 0.3 is 5.97 Å². The Kier molecular flexibility index (Phi) is 6.23. The predicted molar refractivity (Wildman–Crippen MR) is 118 cm³/mol. The number of rotatable bonds is 5. The van der Waals surface area contributed by atoms with Crippen LogP contribution in [0.1, 0.15) is 46.7 Å². The van der Waals surface area contributed by atoms with Crippen molar-refractivity contribution in [3.05, 3.63) is 58.0 Å². The van der Waals surface area contributed by atoms with E-state index < -0.39 is 5.97 Å². The molecule has 0 N–H and O–H groups in total. The monoisotopic (exact) mass is 440 g/mol. The fraction of sp³-hybridized carbons (Fsp3) is 0.391. The molecule has 7 nitrogen and oxygen atoms in total. The van der Waals surface area contributed by atoms with Gasteiger partial charge in [-0.1, -0.05) is 30.2 Å². The maximum Gasteiger partial charge on any atom is 0.325 e. The summed E-state index contributed by atoms with van der Waals surface area (Å²) in [6, 6.07) is 8.96. The number of carbonyl (C=O) groups excluding carboxylic acids is 2. The minimum Gasteiger partial charge on any atom is -0.468 e. The maximum absolute atomic E-state index is 13.6. The van der Waals surface area contributed by atoms with Crippen LogP contribution in [0.5, 0.6) is 0 Å². The third kappa shape index (κ3) is 4.56. The SMILES string of the molecule is COC(=O)CN(Cc1ccc(Cl)cc1)C(=O)c1cc(C)nc2c1nc1n2CCCCC1. The first kappa shape index (κ1) is 21.3. The number of carbonyl (C=O) groups is 2. The van der Waals surface area contributed by atoms with E-state index in [1.54, 1.807) is 18.2 Å². The second kappa shape index (κ2) is 9.06. The zero-order valence-corrected chi connectivity index (χ0v) is 18.5. The van der Waals surface area contributed by atoms with Gasteiger partial charge in [0.2, 0.25) is 0 Å². The van der Waals surface area contributed by atoms with E-state index in [1.807, 2.05) is 19.1 Å². The molecule has 0 saturated heterocycles. The van der Waals surface area contributed by atoms with Crippen LogP contribution in [0.3, 0.4) is 0 Å². The zero-order valence-electron chi connectivity index (χ0n) is 17.7. The molecule has 3 aromatic rings. The lowest BCUT2D eigenvalue weighted by Crippen LogP contribution is -2.36. The van der Waals surface area contributed by atoms with Crippen molar-refractivity contribution in [2.24, 2.45) is 0 Å². The van der Waals surface area contributed by atoms with Crippen LogP contribution in [-0.4, -0.2) is 45.0 Å². The van der Waals surface area contributed by atoms with Crippen molar-refractivity contribution in [3.63, 3.8) is 0 Å². The molecule has 1 aliphatic heterocycles. The summed E-state index contributed by atoms with van der Waals surface area (Å²) in [4.78, 5) is 36.7. The van der Waals surface area contributed by atoms with Gasteiger partial charge < -0.3 is 14.2 Å². The number of ether oxygens (including phenoxy) is 1. The van der Waals surface area contributed by atoms with E-state index in [-0.39, 0.29) is 19.0 Å². The van der Waals surface area contributed by atoms with Crippen LogP contribution in [-0.2, 0) is 29.0 Å². The molecule has 8 heteroatoms. The third-order valence-corrected chi connectivity index (χ3v) is 5.80. The van der Waals surface area contributed by atoms with Crippen LogP contribution in [0, 0.1) is 6.92 Å². The van der Waals surface area contributed by atoms with Crippen LogP contribution in [0.2, 0.25) is 5.02 Å². The number of esters is 1. The molecule has 1 aliphatic rings. The fourth-order valence-corrected chi connectivity index (χ4v) is 4.11. The Bertz CT molecular complexity index is 1120. The normalized spacial score (nSPS) is 13.5. The summed E-state index contributed by atoms with van der Waals surface area (Å²) in [7, 11) is 1.31. The average molecular weight is 441 g/mol. The molecule has 0 saturated carbocycles. The molecule has 0 unspecified atom stereocenters. The Balaban J connectivity index is 1.75. The smallest absolute Gasteiger partial charge is 0.325 e. The van der Waals surface area contributed by atoms with E-state index >= 15 is 0 Å². The van der Waals surface area contributed by atoms with Crippen molar-refractivity contribution in [3.8, 4) is 0 Å². The Hall–Kier alpha value is -2.93. The van der Waals surface area contributed by atoms with Crippen molar-refractivity contribution in [1.82, 2.24) is 19.4 Å². The molecular formula is C23H25ClN4O3.